The molecule has 1 heterocycles. The molecule has 3 nitrogen and oxygen atoms in total. The summed E-state index contributed by atoms with van der Waals surface area (Å²) in [5.74, 6) is 1.17. The van der Waals surface area contributed by atoms with Gasteiger partial charge >= 0.3 is 0 Å². The third-order valence-corrected chi connectivity index (χ3v) is 4.08. The molecule has 0 bridgehead atoms. The SMILES string of the molecule is Cc1csc(C(C)NCC(CN)C(C)C)n1. The van der Waals surface area contributed by atoms with Crippen LogP contribution in [0.3, 0.4) is 0 Å². The third kappa shape index (κ3) is 3.85. The van der Waals surface area contributed by atoms with Crippen molar-refractivity contribution in [1.82, 2.24) is 10.3 Å². The summed E-state index contributed by atoms with van der Waals surface area (Å²) in [7, 11) is 0. The number of aromatic nitrogens is 1. The highest BCUT2D eigenvalue weighted by molar-refractivity contribution is 7.09. The predicted octanol–water partition coefficient (Wildman–Crippen LogP) is 2.33. The standard InChI is InChI=1S/C12H23N3S/c1-8(2)11(5-13)6-14-10(4)12-15-9(3)7-16-12/h7-8,10-11,14H,5-6,13H2,1-4H3. The first-order valence-corrected chi connectivity index (χ1v) is 6.78. The van der Waals surface area contributed by atoms with Crippen molar-refractivity contribution in [3.63, 3.8) is 0 Å². The number of nitrogens with two attached hydrogens (primary N) is 1. The molecule has 0 radical (unpaired) electrons. The molecule has 0 saturated carbocycles. The van der Waals surface area contributed by atoms with E-state index in [-0.39, 0.29) is 0 Å². The average molecular weight is 241 g/mol. The Morgan fingerprint density at radius 1 is 1.44 bits per heavy atom. The first kappa shape index (κ1) is 13.6. The number of thiazole rings is 1. The summed E-state index contributed by atoms with van der Waals surface area (Å²) in [6.07, 6.45) is 0. The average Bonchev–Trinajstić information content (AvgIpc) is 2.65. The van der Waals surface area contributed by atoms with E-state index in [0.29, 0.717) is 17.9 Å². The van der Waals surface area contributed by atoms with Gasteiger partial charge in [-0.15, -0.1) is 11.3 Å². The minimum absolute atomic E-state index is 0.325. The maximum Gasteiger partial charge on any atom is 0.110 e. The summed E-state index contributed by atoms with van der Waals surface area (Å²) in [6, 6.07) is 0.325. The van der Waals surface area contributed by atoms with E-state index in [9.17, 15) is 0 Å². The van der Waals surface area contributed by atoms with Gasteiger partial charge in [-0.2, -0.15) is 0 Å². The second-order valence-corrected chi connectivity index (χ2v) is 5.59. The van der Waals surface area contributed by atoms with Gasteiger partial charge in [-0.05, 0) is 32.2 Å². The van der Waals surface area contributed by atoms with Crippen LogP contribution < -0.4 is 11.1 Å². The van der Waals surface area contributed by atoms with Crippen molar-refractivity contribution in [2.75, 3.05) is 13.1 Å². The van der Waals surface area contributed by atoms with E-state index in [1.807, 2.05) is 6.92 Å². The molecule has 1 aromatic rings. The van der Waals surface area contributed by atoms with Gasteiger partial charge in [-0.1, -0.05) is 13.8 Å². The topological polar surface area (TPSA) is 50.9 Å². The van der Waals surface area contributed by atoms with Crippen molar-refractivity contribution in [2.45, 2.75) is 33.7 Å². The zero-order valence-corrected chi connectivity index (χ0v) is 11.5. The molecular formula is C12H23N3S. The van der Waals surface area contributed by atoms with Crippen molar-refractivity contribution in [1.29, 1.82) is 0 Å². The van der Waals surface area contributed by atoms with Crippen molar-refractivity contribution in [3.05, 3.63) is 16.1 Å². The number of rotatable bonds is 6. The molecule has 16 heavy (non-hydrogen) atoms. The van der Waals surface area contributed by atoms with Gasteiger partial charge in [0.15, 0.2) is 0 Å². The van der Waals surface area contributed by atoms with Gasteiger partial charge in [-0.3, -0.25) is 0 Å². The third-order valence-electron chi connectivity index (χ3n) is 2.94. The lowest BCUT2D eigenvalue weighted by molar-refractivity contribution is 0.356. The molecule has 2 unspecified atom stereocenters. The molecule has 92 valence electrons. The number of nitrogens with one attached hydrogen (secondary N) is 1. The van der Waals surface area contributed by atoms with Gasteiger partial charge in [-0.25, -0.2) is 4.98 Å². The number of hydrogen-bond donors (Lipinski definition) is 2. The minimum atomic E-state index is 0.325. The van der Waals surface area contributed by atoms with Crippen molar-refractivity contribution >= 4 is 11.3 Å². The van der Waals surface area contributed by atoms with E-state index in [1.165, 1.54) is 0 Å². The molecule has 0 aromatic carbocycles. The number of hydrogen-bond acceptors (Lipinski definition) is 4. The number of nitrogens with zero attached hydrogens (tertiary/aromatic N) is 1. The van der Waals surface area contributed by atoms with Gasteiger partial charge in [0.25, 0.3) is 0 Å². The first-order valence-electron chi connectivity index (χ1n) is 5.90. The predicted molar refractivity (Wildman–Crippen MR) is 70.7 cm³/mol. The summed E-state index contributed by atoms with van der Waals surface area (Å²) in [4.78, 5) is 4.48. The Morgan fingerprint density at radius 3 is 2.56 bits per heavy atom. The van der Waals surface area contributed by atoms with Crippen LogP contribution in [0.1, 0.15) is 37.5 Å². The molecule has 0 aliphatic carbocycles. The van der Waals surface area contributed by atoms with Crippen LogP contribution in [0.15, 0.2) is 5.38 Å². The molecule has 0 fully saturated rings. The highest BCUT2D eigenvalue weighted by Gasteiger charge is 2.14. The minimum Gasteiger partial charge on any atom is -0.330 e. The van der Waals surface area contributed by atoms with Crippen LogP contribution in [-0.2, 0) is 0 Å². The van der Waals surface area contributed by atoms with Crippen LogP contribution in [0.4, 0.5) is 0 Å². The maximum atomic E-state index is 5.75. The molecule has 2 atom stereocenters. The summed E-state index contributed by atoms with van der Waals surface area (Å²) in [5.41, 5.74) is 6.85. The van der Waals surface area contributed by atoms with Crippen LogP contribution in [0, 0.1) is 18.8 Å². The molecule has 0 amide bonds. The lowest BCUT2D eigenvalue weighted by Gasteiger charge is -2.21. The van der Waals surface area contributed by atoms with Gasteiger partial charge in [0, 0.05) is 17.6 Å². The second kappa shape index (κ2) is 6.33. The van der Waals surface area contributed by atoms with E-state index in [2.05, 4.69) is 36.5 Å². The Bertz CT molecular complexity index is 309. The highest BCUT2D eigenvalue weighted by Crippen LogP contribution is 2.18. The lowest BCUT2D eigenvalue weighted by atomic mass is 9.96. The van der Waals surface area contributed by atoms with E-state index in [1.54, 1.807) is 11.3 Å². The quantitative estimate of drug-likeness (QED) is 0.803. The van der Waals surface area contributed by atoms with Crippen LogP contribution >= 0.6 is 11.3 Å². The first-order chi connectivity index (χ1) is 7.54. The Labute approximate surface area is 102 Å². The summed E-state index contributed by atoms with van der Waals surface area (Å²) < 4.78 is 0. The Morgan fingerprint density at radius 2 is 2.12 bits per heavy atom. The molecule has 0 aliphatic rings. The van der Waals surface area contributed by atoms with Crippen LogP contribution in [0.5, 0.6) is 0 Å². The highest BCUT2D eigenvalue weighted by atomic mass is 32.1. The Hall–Kier alpha value is -0.450. The summed E-state index contributed by atoms with van der Waals surface area (Å²) in [5, 5.41) is 6.77. The van der Waals surface area contributed by atoms with Gasteiger partial charge in [0.1, 0.15) is 5.01 Å². The van der Waals surface area contributed by atoms with E-state index < -0.39 is 0 Å². The molecule has 0 spiro atoms. The van der Waals surface area contributed by atoms with E-state index >= 15 is 0 Å². The fraction of sp³-hybridized carbons (Fsp3) is 0.750. The van der Waals surface area contributed by atoms with Gasteiger partial charge in [0.05, 0.1) is 6.04 Å². The largest absolute Gasteiger partial charge is 0.330 e. The van der Waals surface area contributed by atoms with Gasteiger partial charge in [0.2, 0.25) is 0 Å². The maximum absolute atomic E-state index is 5.75. The van der Waals surface area contributed by atoms with Crippen LogP contribution in [0.2, 0.25) is 0 Å². The molecule has 1 aromatic heterocycles. The Kier molecular flexibility index (Phi) is 5.38. The van der Waals surface area contributed by atoms with Gasteiger partial charge < -0.3 is 11.1 Å². The zero-order valence-electron chi connectivity index (χ0n) is 10.7. The fourth-order valence-corrected chi connectivity index (χ4v) is 2.41. The molecule has 0 saturated heterocycles. The second-order valence-electron chi connectivity index (χ2n) is 4.70. The van der Waals surface area contributed by atoms with Crippen LogP contribution in [-0.4, -0.2) is 18.1 Å². The summed E-state index contributed by atoms with van der Waals surface area (Å²) in [6.45, 7) is 10.3. The van der Waals surface area contributed by atoms with Crippen molar-refractivity contribution in [3.8, 4) is 0 Å². The molecule has 3 N–H and O–H groups in total. The molecule has 4 heteroatoms. The van der Waals surface area contributed by atoms with Crippen LogP contribution in [0.25, 0.3) is 0 Å². The number of aryl methyl sites for hydroxylation is 1. The molecular weight excluding hydrogens is 218 g/mol. The smallest absolute Gasteiger partial charge is 0.110 e. The van der Waals surface area contributed by atoms with E-state index in [4.69, 9.17) is 5.73 Å². The molecule has 0 aliphatic heterocycles. The Balaban J connectivity index is 2.43. The van der Waals surface area contributed by atoms with Crippen molar-refractivity contribution in [2.24, 2.45) is 17.6 Å². The van der Waals surface area contributed by atoms with E-state index in [0.717, 1.165) is 23.8 Å². The monoisotopic (exact) mass is 241 g/mol. The normalized spacial score (nSPS) is 15.4. The fourth-order valence-electron chi connectivity index (χ4n) is 1.58. The summed E-state index contributed by atoms with van der Waals surface area (Å²) >= 11 is 1.72. The lowest BCUT2D eigenvalue weighted by Crippen LogP contribution is -2.33. The van der Waals surface area contributed by atoms with Crippen molar-refractivity contribution < 1.29 is 0 Å². The zero-order chi connectivity index (χ0) is 12.1. The molecule has 1 rings (SSSR count).